The number of piperazine rings is 1. The molecule has 0 bridgehead atoms. The highest BCUT2D eigenvalue weighted by molar-refractivity contribution is 6.30. The van der Waals surface area contributed by atoms with Crippen LogP contribution in [0.5, 0.6) is 5.75 Å². The molecule has 140 valence electrons. The second-order valence-corrected chi connectivity index (χ2v) is 7.51. The molecule has 2 heterocycles. The fourth-order valence-corrected chi connectivity index (χ4v) is 3.95. The number of halogens is 1. The van der Waals surface area contributed by atoms with E-state index in [4.69, 9.17) is 16.0 Å². The molecule has 1 aliphatic rings. The molecule has 1 saturated heterocycles. The summed E-state index contributed by atoms with van der Waals surface area (Å²) in [6, 6.07) is 13.0. The van der Waals surface area contributed by atoms with Crippen molar-refractivity contribution in [3.8, 4) is 5.75 Å². The summed E-state index contributed by atoms with van der Waals surface area (Å²) >= 11 is 6.11. The van der Waals surface area contributed by atoms with Crippen LogP contribution in [0.1, 0.15) is 11.1 Å². The zero-order valence-electron chi connectivity index (χ0n) is 15.2. The van der Waals surface area contributed by atoms with Crippen molar-refractivity contribution in [3.05, 3.63) is 69.0 Å². The summed E-state index contributed by atoms with van der Waals surface area (Å²) in [5.74, 6) is 0.144. The van der Waals surface area contributed by atoms with Gasteiger partial charge in [0, 0.05) is 33.3 Å². The second-order valence-electron chi connectivity index (χ2n) is 7.07. The summed E-state index contributed by atoms with van der Waals surface area (Å²) in [5, 5.41) is 11.5. The van der Waals surface area contributed by atoms with Crippen LogP contribution in [0.3, 0.4) is 0 Å². The number of aromatic hydroxyl groups is 1. The number of nitrogens with one attached hydrogen (secondary N) is 1. The predicted molar refractivity (Wildman–Crippen MR) is 107 cm³/mol. The Hall–Kier alpha value is -2.50. The van der Waals surface area contributed by atoms with Crippen LogP contribution >= 0.6 is 11.6 Å². The zero-order valence-corrected chi connectivity index (χ0v) is 15.9. The largest absolute Gasteiger partial charge is 0.508 e. The Labute approximate surface area is 162 Å². The maximum atomic E-state index is 12.0. The van der Waals surface area contributed by atoms with E-state index in [0.29, 0.717) is 11.1 Å². The molecule has 2 N–H and O–H groups in total. The first-order chi connectivity index (χ1) is 13.0. The number of benzene rings is 2. The number of aryl methyl sites for hydroxylation is 1. The highest BCUT2D eigenvalue weighted by atomic mass is 35.5. The van der Waals surface area contributed by atoms with E-state index in [1.165, 1.54) is 4.90 Å². The summed E-state index contributed by atoms with van der Waals surface area (Å²) in [4.78, 5) is 15.8. The van der Waals surface area contributed by atoms with Crippen molar-refractivity contribution < 1.29 is 14.4 Å². The van der Waals surface area contributed by atoms with Gasteiger partial charge in [0.25, 0.3) is 0 Å². The fraction of sp³-hybridized carbons (Fsp3) is 0.286. The van der Waals surface area contributed by atoms with E-state index < -0.39 is 0 Å². The normalized spacial score (nSPS) is 15.4. The molecule has 0 spiro atoms. The quantitative estimate of drug-likeness (QED) is 0.680. The van der Waals surface area contributed by atoms with Gasteiger partial charge < -0.3 is 19.3 Å². The van der Waals surface area contributed by atoms with Crippen molar-refractivity contribution in [2.75, 3.05) is 31.1 Å². The van der Waals surface area contributed by atoms with E-state index in [-0.39, 0.29) is 11.4 Å². The van der Waals surface area contributed by atoms with E-state index in [9.17, 15) is 9.90 Å². The van der Waals surface area contributed by atoms with Crippen LogP contribution in [0.4, 0.5) is 5.69 Å². The van der Waals surface area contributed by atoms with E-state index >= 15 is 0 Å². The minimum absolute atomic E-state index is 0.144. The third kappa shape index (κ3) is 3.66. The lowest BCUT2D eigenvalue weighted by atomic mass is 10.1. The van der Waals surface area contributed by atoms with Gasteiger partial charge in [0.15, 0.2) is 0 Å². The van der Waals surface area contributed by atoms with Crippen LogP contribution in [-0.4, -0.2) is 31.3 Å². The molecule has 1 aromatic heterocycles. The lowest BCUT2D eigenvalue weighted by Crippen LogP contribution is -3.13. The number of rotatable bonds is 3. The maximum absolute atomic E-state index is 12.0. The van der Waals surface area contributed by atoms with Gasteiger partial charge in [-0.2, -0.15) is 0 Å². The van der Waals surface area contributed by atoms with Crippen LogP contribution in [-0.2, 0) is 6.54 Å². The molecule has 2 aromatic carbocycles. The first kappa shape index (κ1) is 17.9. The molecular formula is C21H22ClN2O3+. The highest BCUT2D eigenvalue weighted by Crippen LogP contribution is 2.27. The summed E-state index contributed by atoms with van der Waals surface area (Å²) in [6.45, 7) is 6.36. The molecule has 0 radical (unpaired) electrons. The minimum Gasteiger partial charge on any atom is -0.508 e. The molecule has 5 nitrogen and oxygen atoms in total. The van der Waals surface area contributed by atoms with E-state index in [2.05, 4.69) is 11.0 Å². The smallest absolute Gasteiger partial charge is 0.336 e. The standard InChI is InChI=1S/C21H21ClN2O3/c1-14-19(25)6-5-18-15(11-20(26)27-21(14)18)13-23-7-9-24(10-8-23)17-4-2-3-16(22)12-17/h2-6,11-12,25H,7-10,13H2,1H3/p+1. The Morgan fingerprint density at radius 3 is 2.70 bits per heavy atom. The third-order valence-corrected chi connectivity index (χ3v) is 5.54. The van der Waals surface area contributed by atoms with Crippen LogP contribution in [0, 0.1) is 6.92 Å². The number of phenolic OH excluding ortho intramolecular Hbond substituents is 1. The topological polar surface area (TPSA) is 58.1 Å². The highest BCUT2D eigenvalue weighted by Gasteiger charge is 2.22. The molecular weight excluding hydrogens is 364 g/mol. The lowest BCUT2D eigenvalue weighted by Gasteiger charge is -2.33. The Balaban J connectivity index is 1.53. The van der Waals surface area contributed by atoms with Gasteiger partial charge in [-0.3, -0.25) is 0 Å². The average molecular weight is 386 g/mol. The summed E-state index contributed by atoms with van der Waals surface area (Å²) in [7, 11) is 0. The zero-order chi connectivity index (χ0) is 19.0. The van der Waals surface area contributed by atoms with Crippen LogP contribution in [0.25, 0.3) is 11.0 Å². The maximum Gasteiger partial charge on any atom is 0.336 e. The van der Waals surface area contributed by atoms with Crippen LogP contribution < -0.4 is 15.4 Å². The van der Waals surface area contributed by atoms with Crippen molar-refractivity contribution in [3.63, 3.8) is 0 Å². The van der Waals surface area contributed by atoms with E-state index in [1.54, 1.807) is 19.1 Å². The van der Waals surface area contributed by atoms with Gasteiger partial charge in [-0.1, -0.05) is 17.7 Å². The number of hydrogen-bond acceptors (Lipinski definition) is 4. The van der Waals surface area contributed by atoms with E-state index in [0.717, 1.165) is 54.4 Å². The SMILES string of the molecule is Cc1c(O)ccc2c(C[NH+]3CCN(c4cccc(Cl)c4)CC3)cc(=O)oc12. The molecule has 3 aromatic rings. The Kier molecular flexibility index (Phi) is 4.81. The van der Waals surface area contributed by atoms with Crippen molar-refractivity contribution in [2.45, 2.75) is 13.5 Å². The molecule has 0 aliphatic carbocycles. The van der Waals surface area contributed by atoms with Gasteiger partial charge in [0.1, 0.15) is 17.9 Å². The molecule has 0 amide bonds. The molecule has 1 fully saturated rings. The molecule has 0 saturated carbocycles. The van der Waals surface area contributed by atoms with Crippen LogP contribution in [0.15, 0.2) is 51.7 Å². The predicted octanol–water partition coefficient (Wildman–Crippen LogP) is 2.37. The molecule has 0 atom stereocenters. The van der Waals surface area contributed by atoms with Gasteiger partial charge in [-0.15, -0.1) is 0 Å². The van der Waals surface area contributed by atoms with Crippen molar-refractivity contribution in [1.82, 2.24) is 0 Å². The lowest BCUT2D eigenvalue weighted by molar-refractivity contribution is -0.914. The van der Waals surface area contributed by atoms with Gasteiger partial charge in [-0.25, -0.2) is 4.79 Å². The summed E-state index contributed by atoms with van der Waals surface area (Å²) in [6.07, 6.45) is 0. The fourth-order valence-electron chi connectivity index (χ4n) is 3.76. The van der Waals surface area contributed by atoms with Crippen molar-refractivity contribution >= 4 is 28.3 Å². The van der Waals surface area contributed by atoms with Gasteiger partial charge in [-0.05, 0) is 37.3 Å². The third-order valence-electron chi connectivity index (χ3n) is 5.30. The monoisotopic (exact) mass is 385 g/mol. The first-order valence-corrected chi connectivity index (χ1v) is 9.48. The number of nitrogens with zero attached hydrogens (tertiary/aromatic N) is 1. The minimum atomic E-state index is -0.372. The van der Waals surface area contributed by atoms with Gasteiger partial charge in [0.05, 0.1) is 26.2 Å². The van der Waals surface area contributed by atoms with Gasteiger partial charge >= 0.3 is 5.63 Å². The van der Waals surface area contributed by atoms with Gasteiger partial charge in [0.2, 0.25) is 0 Å². The number of quaternary nitrogens is 1. The Morgan fingerprint density at radius 1 is 1.19 bits per heavy atom. The average Bonchev–Trinajstić information content (AvgIpc) is 2.66. The molecule has 27 heavy (non-hydrogen) atoms. The van der Waals surface area contributed by atoms with E-state index in [1.807, 2.05) is 24.3 Å². The molecule has 0 unspecified atom stereocenters. The molecule has 4 rings (SSSR count). The number of fused-ring (bicyclic) bond motifs is 1. The second kappa shape index (κ2) is 7.25. The Bertz CT molecular complexity index is 1040. The Morgan fingerprint density at radius 2 is 1.96 bits per heavy atom. The number of anilines is 1. The summed E-state index contributed by atoms with van der Waals surface area (Å²) < 4.78 is 5.34. The number of hydrogen-bond donors (Lipinski definition) is 2. The van der Waals surface area contributed by atoms with Crippen molar-refractivity contribution in [1.29, 1.82) is 0 Å². The van der Waals surface area contributed by atoms with Crippen molar-refractivity contribution in [2.24, 2.45) is 0 Å². The number of phenols is 1. The summed E-state index contributed by atoms with van der Waals surface area (Å²) in [5.41, 5.74) is 2.83. The molecule has 1 aliphatic heterocycles. The first-order valence-electron chi connectivity index (χ1n) is 9.10. The molecule has 6 heteroatoms. The van der Waals surface area contributed by atoms with Crippen LogP contribution in [0.2, 0.25) is 5.02 Å².